The van der Waals surface area contributed by atoms with E-state index in [2.05, 4.69) is 31.0 Å². The number of hydrogen-bond acceptors (Lipinski definition) is 2. The van der Waals surface area contributed by atoms with Crippen LogP contribution in [0, 0.1) is 11.3 Å². The molecule has 2 aliphatic rings. The van der Waals surface area contributed by atoms with Crippen LogP contribution in [0.3, 0.4) is 0 Å². The maximum Gasteiger partial charge on any atom is 0.0159 e. The lowest BCUT2D eigenvalue weighted by Crippen LogP contribution is -2.53. The van der Waals surface area contributed by atoms with Crippen LogP contribution in [0.25, 0.3) is 0 Å². The Morgan fingerprint density at radius 2 is 1.75 bits per heavy atom. The standard InChI is InChI=1S/C18H36N2/c1-4-12-19-17-16(10-9-11-18(17,2)3)15-20-13-7-5-6-8-14-20/h16-17,19H,4-15H2,1-3H3. The molecule has 2 unspecified atom stereocenters. The summed E-state index contributed by atoms with van der Waals surface area (Å²) in [6.07, 6.45) is 11.2. The second-order valence-corrected chi connectivity index (χ2v) is 7.79. The van der Waals surface area contributed by atoms with E-state index >= 15 is 0 Å². The van der Waals surface area contributed by atoms with Gasteiger partial charge < -0.3 is 10.2 Å². The summed E-state index contributed by atoms with van der Waals surface area (Å²) in [6, 6.07) is 0.722. The van der Waals surface area contributed by atoms with Gasteiger partial charge >= 0.3 is 0 Å². The van der Waals surface area contributed by atoms with Gasteiger partial charge in [-0.15, -0.1) is 0 Å². The van der Waals surface area contributed by atoms with Gasteiger partial charge in [-0.2, -0.15) is 0 Å². The second-order valence-electron chi connectivity index (χ2n) is 7.79. The largest absolute Gasteiger partial charge is 0.313 e. The topological polar surface area (TPSA) is 15.3 Å². The smallest absolute Gasteiger partial charge is 0.0159 e. The van der Waals surface area contributed by atoms with Gasteiger partial charge in [-0.1, -0.05) is 40.0 Å². The summed E-state index contributed by atoms with van der Waals surface area (Å²) >= 11 is 0. The van der Waals surface area contributed by atoms with Gasteiger partial charge in [-0.05, 0) is 63.1 Å². The molecule has 0 spiro atoms. The molecule has 2 fully saturated rings. The van der Waals surface area contributed by atoms with Crippen molar-refractivity contribution in [1.29, 1.82) is 0 Å². The Kier molecular flexibility index (Phi) is 6.35. The molecule has 0 aromatic carbocycles. The molecule has 0 bridgehead atoms. The van der Waals surface area contributed by atoms with E-state index in [1.54, 1.807) is 0 Å². The first-order chi connectivity index (χ1) is 9.63. The molecule has 0 amide bonds. The fourth-order valence-corrected chi connectivity index (χ4v) is 4.37. The Bertz CT molecular complexity index is 267. The fraction of sp³-hybridized carbons (Fsp3) is 1.00. The van der Waals surface area contributed by atoms with Gasteiger partial charge in [0.2, 0.25) is 0 Å². The van der Waals surface area contributed by atoms with Crippen LogP contribution in [0.5, 0.6) is 0 Å². The van der Waals surface area contributed by atoms with Gasteiger partial charge in [0.25, 0.3) is 0 Å². The molecule has 0 aromatic rings. The summed E-state index contributed by atoms with van der Waals surface area (Å²) in [7, 11) is 0. The summed E-state index contributed by atoms with van der Waals surface area (Å²) in [5.74, 6) is 0.864. The predicted octanol–water partition coefficient (Wildman–Crippen LogP) is 4.06. The monoisotopic (exact) mass is 280 g/mol. The van der Waals surface area contributed by atoms with E-state index < -0.39 is 0 Å². The number of nitrogens with one attached hydrogen (secondary N) is 1. The molecular weight excluding hydrogens is 244 g/mol. The number of rotatable bonds is 5. The quantitative estimate of drug-likeness (QED) is 0.817. The lowest BCUT2D eigenvalue weighted by molar-refractivity contribution is 0.0796. The van der Waals surface area contributed by atoms with Crippen LogP contribution in [-0.4, -0.2) is 37.1 Å². The molecular formula is C18H36N2. The van der Waals surface area contributed by atoms with E-state index in [4.69, 9.17) is 0 Å². The zero-order valence-corrected chi connectivity index (χ0v) is 14.1. The Labute approximate surface area is 126 Å². The summed E-state index contributed by atoms with van der Waals surface area (Å²) in [6.45, 7) is 12.5. The molecule has 20 heavy (non-hydrogen) atoms. The van der Waals surface area contributed by atoms with Crippen LogP contribution in [0.15, 0.2) is 0 Å². The average Bonchev–Trinajstić information content (AvgIpc) is 2.66. The van der Waals surface area contributed by atoms with Crippen LogP contribution in [0.2, 0.25) is 0 Å². The lowest BCUT2D eigenvalue weighted by Gasteiger charge is -2.46. The molecule has 1 aliphatic heterocycles. The molecule has 1 saturated heterocycles. The molecule has 118 valence electrons. The van der Waals surface area contributed by atoms with Gasteiger partial charge in [0, 0.05) is 12.6 Å². The second kappa shape index (κ2) is 7.79. The SMILES string of the molecule is CCCNC1C(CN2CCCCCC2)CCCC1(C)C. The first-order valence-electron chi connectivity index (χ1n) is 9.09. The van der Waals surface area contributed by atoms with E-state index in [0.29, 0.717) is 5.41 Å². The van der Waals surface area contributed by atoms with Crippen molar-refractivity contribution in [2.45, 2.75) is 78.2 Å². The maximum atomic E-state index is 3.89. The highest BCUT2D eigenvalue weighted by atomic mass is 15.1. The maximum absolute atomic E-state index is 3.89. The molecule has 1 aliphatic carbocycles. The molecule has 2 atom stereocenters. The van der Waals surface area contributed by atoms with E-state index in [1.165, 1.54) is 77.5 Å². The van der Waals surface area contributed by atoms with Crippen LogP contribution in [0.1, 0.15) is 72.1 Å². The number of nitrogens with zero attached hydrogens (tertiary/aromatic N) is 1. The highest BCUT2D eigenvalue weighted by molar-refractivity contribution is 4.94. The summed E-state index contributed by atoms with van der Waals surface area (Å²) < 4.78 is 0. The highest BCUT2D eigenvalue weighted by Gasteiger charge is 2.38. The van der Waals surface area contributed by atoms with Crippen LogP contribution >= 0.6 is 0 Å². The van der Waals surface area contributed by atoms with Gasteiger partial charge in [0.05, 0.1) is 0 Å². The molecule has 2 rings (SSSR count). The summed E-state index contributed by atoms with van der Waals surface area (Å²) in [5, 5.41) is 3.89. The van der Waals surface area contributed by atoms with Crippen molar-refractivity contribution in [3.8, 4) is 0 Å². The summed E-state index contributed by atoms with van der Waals surface area (Å²) in [5.41, 5.74) is 0.476. The van der Waals surface area contributed by atoms with Crippen molar-refractivity contribution in [3.63, 3.8) is 0 Å². The van der Waals surface area contributed by atoms with Crippen molar-refractivity contribution in [1.82, 2.24) is 10.2 Å². The van der Waals surface area contributed by atoms with Gasteiger partial charge in [0.1, 0.15) is 0 Å². The Hall–Kier alpha value is -0.0800. The summed E-state index contributed by atoms with van der Waals surface area (Å²) in [4.78, 5) is 2.76. The molecule has 1 saturated carbocycles. The molecule has 2 heteroatoms. The normalized spacial score (nSPS) is 31.9. The van der Waals surface area contributed by atoms with Crippen LogP contribution < -0.4 is 5.32 Å². The third-order valence-corrected chi connectivity index (χ3v) is 5.51. The van der Waals surface area contributed by atoms with Crippen molar-refractivity contribution in [2.75, 3.05) is 26.2 Å². The zero-order chi connectivity index (χ0) is 14.4. The highest BCUT2D eigenvalue weighted by Crippen LogP contribution is 2.39. The third-order valence-electron chi connectivity index (χ3n) is 5.51. The molecule has 1 N–H and O–H groups in total. The zero-order valence-electron chi connectivity index (χ0n) is 14.1. The van der Waals surface area contributed by atoms with Gasteiger partial charge in [0.15, 0.2) is 0 Å². The lowest BCUT2D eigenvalue weighted by atomic mass is 9.67. The minimum Gasteiger partial charge on any atom is -0.313 e. The molecule has 1 heterocycles. The van der Waals surface area contributed by atoms with E-state index in [1.807, 2.05) is 0 Å². The Morgan fingerprint density at radius 3 is 2.40 bits per heavy atom. The Morgan fingerprint density at radius 1 is 1.05 bits per heavy atom. The molecule has 0 radical (unpaired) electrons. The van der Waals surface area contributed by atoms with Gasteiger partial charge in [-0.25, -0.2) is 0 Å². The van der Waals surface area contributed by atoms with Crippen molar-refractivity contribution < 1.29 is 0 Å². The first-order valence-corrected chi connectivity index (χ1v) is 9.09. The minimum absolute atomic E-state index is 0.476. The van der Waals surface area contributed by atoms with Crippen LogP contribution in [-0.2, 0) is 0 Å². The van der Waals surface area contributed by atoms with Crippen LogP contribution in [0.4, 0.5) is 0 Å². The van der Waals surface area contributed by atoms with E-state index in [0.717, 1.165) is 12.0 Å². The van der Waals surface area contributed by atoms with Crippen molar-refractivity contribution in [3.05, 3.63) is 0 Å². The van der Waals surface area contributed by atoms with Crippen molar-refractivity contribution in [2.24, 2.45) is 11.3 Å². The third kappa shape index (κ3) is 4.46. The van der Waals surface area contributed by atoms with E-state index in [9.17, 15) is 0 Å². The Balaban J connectivity index is 1.94. The first kappa shape index (κ1) is 16.3. The fourth-order valence-electron chi connectivity index (χ4n) is 4.37. The molecule has 0 aromatic heterocycles. The average molecular weight is 280 g/mol. The van der Waals surface area contributed by atoms with Gasteiger partial charge in [-0.3, -0.25) is 0 Å². The minimum atomic E-state index is 0.476. The predicted molar refractivity (Wildman–Crippen MR) is 88.1 cm³/mol. The van der Waals surface area contributed by atoms with Crippen molar-refractivity contribution >= 4 is 0 Å². The number of hydrogen-bond donors (Lipinski definition) is 1. The van der Waals surface area contributed by atoms with E-state index in [-0.39, 0.29) is 0 Å². The number of likely N-dealkylation sites (tertiary alicyclic amines) is 1. The molecule has 2 nitrogen and oxygen atoms in total.